The van der Waals surface area contributed by atoms with Crippen molar-refractivity contribution >= 4 is 23.1 Å². The topological polar surface area (TPSA) is 74.6 Å². The molecule has 1 aliphatic carbocycles. The van der Waals surface area contributed by atoms with Crippen molar-refractivity contribution in [1.29, 1.82) is 0 Å². The van der Waals surface area contributed by atoms with E-state index in [1.54, 1.807) is 18.2 Å². The highest BCUT2D eigenvalue weighted by molar-refractivity contribution is 5.91. The van der Waals surface area contributed by atoms with Crippen molar-refractivity contribution in [2.75, 3.05) is 0 Å². The summed E-state index contributed by atoms with van der Waals surface area (Å²) in [6.07, 6.45) is 8.65. The first kappa shape index (κ1) is 24.2. The molecule has 3 rings (SSSR count). The first-order chi connectivity index (χ1) is 15.4. The molecule has 0 spiro atoms. The standard InChI is InChI=1S/C29H32O4/c1-19(21-11-13-24-25(18-21)29(4,5)16-15-28(24,2)3)9-10-20(12-14-26(30)31)22-7-6-8-23(17-22)27(32)33/h6-14,17-18H,15-16H2,1-5H3,(H,30,31)(H,32,33)/b14-12+,19-9+,20-10-. The van der Waals surface area contributed by atoms with E-state index in [0.29, 0.717) is 11.1 Å². The Bertz CT molecular complexity index is 1180. The molecule has 0 atom stereocenters. The first-order valence-corrected chi connectivity index (χ1v) is 11.2. The summed E-state index contributed by atoms with van der Waals surface area (Å²) >= 11 is 0. The van der Waals surface area contributed by atoms with Crippen LogP contribution in [0.1, 0.15) is 80.1 Å². The number of aliphatic carboxylic acids is 1. The lowest BCUT2D eigenvalue weighted by molar-refractivity contribution is -0.131. The lowest BCUT2D eigenvalue weighted by atomic mass is 9.63. The molecule has 0 saturated carbocycles. The summed E-state index contributed by atoms with van der Waals surface area (Å²) in [6, 6.07) is 13.2. The zero-order chi connectivity index (χ0) is 24.4. The third-order valence-electron chi connectivity index (χ3n) is 6.67. The zero-order valence-corrected chi connectivity index (χ0v) is 20.0. The van der Waals surface area contributed by atoms with Gasteiger partial charge < -0.3 is 10.2 Å². The van der Waals surface area contributed by atoms with Crippen LogP contribution in [0.3, 0.4) is 0 Å². The van der Waals surface area contributed by atoms with Crippen molar-refractivity contribution in [1.82, 2.24) is 0 Å². The minimum atomic E-state index is -1.06. The van der Waals surface area contributed by atoms with Gasteiger partial charge in [-0.3, -0.25) is 0 Å². The van der Waals surface area contributed by atoms with E-state index in [-0.39, 0.29) is 16.4 Å². The molecule has 0 amide bonds. The number of aromatic carboxylic acids is 1. The van der Waals surface area contributed by atoms with E-state index in [4.69, 9.17) is 5.11 Å². The van der Waals surface area contributed by atoms with E-state index in [1.165, 1.54) is 29.7 Å². The number of rotatable bonds is 6. The van der Waals surface area contributed by atoms with E-state index in [0.717, 1.165) is 23.6 Å². The van der Waals surface area contributed by atoms with Gasteiger partial charge in [-0.2, -0.15) is 0 Å². The van der Waals surface area contributed by atoms with Gasteiger partial charge in [0.1, 0.15) is 0 Å². The smallest absolute Gasteiger partial charge is 0.335 e. The van der Waals surface area contributed by atoms with Gasteiger partial charge in [-0.15, -0.1) is 0 Å². The Kier molecular flexibility index (Phi) is 6.78. The van der Waals surface area contributed by atoms with Crippen LogP contribution in [0.2, 0.25) is 0 Å². The van der Waals surface area contributed by atoms with Gasteiger partial charge in [0.15, 0.2) is 0 Å². The number of carbonyl (C=O) groups is 2. The molecule has 1 aliphatic rings. The maximum absolute atomic E-state index is 11.4. The molecule has 4 nitrogen and oxygen atoms in total. The Morgan fingerprint density at radius 2 is 1.42 bits per heavy atom. The predicted molar refractivity (Wildman–Crippen MR) is 134 cm³/mol. The van der Waals surface area contributed by atoms with E-state index < -0.39 is 11.9 Å². The number of fused-ring (bicyclic) bond motifs is 1. The molecular formula is C29H32O4. The first-order valence-electron chi connectivity index (χ1n) is 11.2. The number of carboxylic acid groups (broad SMARTS) is 2. The largest absolute Gasteiger partial charge is 0.478 e. The third-order valence-corrected chi connectivity index (χ3v) is 6.67. The van der Waals surface area contributed by atoms with E-state index in [1.807, 2.05) is 19.1 Å². The van der Waals surface area contributed by atoms with Gasteiger partial charge in [0.05, 0.1) is 5.56 Å². The predicted octanol–water partition coefficient (Wildman–Crippen LogP) is 6.86. The molecule has 0 heterocycles. The highest BCUT2D eigenvalue weighted by atomic mass is 16.4. The fourth-order valence-corrected chi connectivity index (χ4v) is 4.39. The number of carboxylic acids is 2. The van der Waals surface area contributed by atoms with Gasteiger partial charge in [-0.1, -0.05) is 70.2 Å². The molecule has 4 heteroatoms. The van der Waals surface area contributed by atoms with Crippen molar-refractivity contribution in [2.45, 2.75) is 58.3 Å². The van der Waals surface area contributed by atoms with Crippen LogP contribution in [0.15, 0.2) is 66.8 Å². The average molecular weight is 445 g/mol. The quantitative estimate of drug-likeness (QED) is 0.377. The summed E-state index contributed by atoms with van der Waals surface area (Å²) in [5.74, 6) is -2.08. The van der Waals surface area contributed by atoms with Crippen LogP contribution in [0.25, 0.3) is 11.1 Å². The molecule has 0 aromatic heterocycles. The SMILES string of the molecule is C\C(=C/C=C(/C=C/C(=O)O)c1cccc(C(=O)O)c1)c1ccc2c(c1)C(C)(C)CCC2(C)C. The van der Waals surface area contributed by atoms with Crippen molar-refractivity contribution < 1.29 is 19.8 Å². The highest BCUT2D eigenvalue weighted by Crippen LogP contribution is 2.46. The van der Waals surface area contributed by atoms with Gasteiger partial charge in [0.2, 0.25) is 0 Å². The Balaban J connectivity index is 2.04. The number of hydrogen-bond acceptors (Lipinski definition) is 2. The molecular weight excluding hydrogens is 412 g/mol. The molecule has 0 fully saturated rings. The molecule has 0 unspecified atom stereocenters. The zero-order valence-electron chi connectivity index (χ0n) is 20.0. The van der Waals surface area contributed by atoms with Gasteiger partial charge >= 0.3 is 11.9 Å². The average Bonchev–Trinajstić information content (AvgIpc) is 2.76. The van der Waals surface area contributed by atoms with Crippen LogP contribution < -0.4 is 0 Å². The van der Waals surface area contributed by atoms with Crippen LogP contribution in [0.4, 0.5) is 0 Å². The van der Waals surface area contributed by atoms with E-state index in [2.05, 4.69) is 45.9 Å². The molecule has 0 radical (unpaired) electrons. The fraction of sp³-hybridized carbons (Fsp3) is 0.310. The second-order valence-corrected chi connectivity index (χ2v) is 10.1. The molecule has 2 aromatic rings. The second kappa shape index (κ2) is 9.22. The van der Waals surface area contributed by atoms with Crippen LogP contribution in [-0.2, 0) is 15.6 Å². The Hall–Kier alpha value is -3.40. The van der Waals surface area contributed by atoms with Crippen molar-refractivity contribution in [2.24, 2.45) is 0 Å². The summed E-state index contributed by atoms with van der Waals surface area (Å²) in [4.78, 5) is 22.5. The Labute approximate surface area is 196 Å². The molecule has 33 heavy (non-hydrogen) atoms. The van der Waals surface area contributed by atoms with Crippen molar-refractivity contribution in [3.63, 3.8) is 0 Å². The molecule has 2 aromatic carbocycles. The summed E-state index contributed by atoms with van der Waals surface area (Å²) in [5.41, 5.74) is 6.65. The van der Waals surface area contributed by atoms with E-state index in [9.17, 15) is 14.7 Å². The summed E-state index contributed by atoms with van der Waals surface area (Å²) in [7, 11) is 0. The van der Waals surface area contributed by atoms with Crippen LogP contribution in [0, 0.1) is 0 Å². The molecule has 0 bridgehead atoms. The lowest BCUT2D eigenvalue weighted by Gasteiger charge is -2.42. The Morgan fingerprint density at radius 1 is 0.788 bits per heavy atom. The van der Waals surface area contributed by atoms with Crippen LogP contribution in [0.5, 0.6) is 0 Å². The maximum atomic E-state index is 11.4. The molecule has 2 N–H and O–H groups in total. The number of hydrogen-bond donors (Lipinski definition) is 2. The summed E-state index contributed by atoms with van der Waals surface area (Å²) in [5, 5.41) is 18.4. The second-order valence-electron chi connectivity index (χ2n) is 10.1. The fourth-order valence-electron chi connectivity index (χ4n) is 4.39. The minimum Gasteiger partial charge on any atom is -0.478 e. The van der Waals surface area contributed by atoms with E-state index >= 15 is 0 Å². The van der Waals surface area contributed by atoms with Gasteiger partial charge in [0.25, 0.3) is 0 Å². The van der Waals surface area contributed by atoms with Crippen molar-refractivity contribution in [3.05, 3.63) is 94.6 Å². The number of allylic oxidation sites excluding steroid dienone is 5. The van der Waals surface area contributed by atoms with Gasteiger partial charge in [-0.25, -0.2) is 9.59 Å². The van der Waals surface area contributed by atoms with Crippen LogP contribution in [-0.4, -0.2) is 22.2 Å². The summed E-state index contributed by atoms with van der Waals surface area (Å²) in [6.45, 7) is 11.2. The monoisotopic (exact) mass is 444 g/mol. The lowest BCUT2D eigenvalue weighted by Crippen LogP contribution is -2.33. The van der Waals surface area contributed by atoms with Gasteiger partial charge in [-0.05, 0) is 82.2 Å². The third kappa shape index (κ3) is 5.51. The molecule has 172 valence electrons. The number of benzene rings is 2. The Morgan fingerprint density at radius 3 is 2.06 bits per heavy atom. The minimum absolute atomic E-state index is 0.115. The van der Waals surface area contributed by atoms with Crippen molar-refractivity contribution in [3.8, 4) is 0 Å². The maximum Gasteiger partial charge on any atom is 0.335 e. The molecule has 0 aliphatic heterocycles. The normalized spacial score (nSPS) is 17.6. The van der Waals surface area contributed by atoms with Gasteiger partial charge in [0, 0.05) is 6.08 Å². The summed E-state index contributed by atoms with van der Waals surface area (Å²) < 4.78 is 0. The molecule has 0 saturated heterocycles. The van der Waals surface area contributed by atoms with Crippen LogP contribution >= 0.6 is 0 Å². The highest BCUT2D eigenvalue weighted by Gasteiger charge is 2.36.